The van der Waals surface area contributed by atoms with Crippen LogP contribution in [0.5, 0.6) is 0 Å². The molecule has 0 bridgehead atoms. The molecule has 3 rings (SSSR count). The zero-order valence-electron chi connectivity index (χ0n) is 19.3. The average molecular weight is 570 g/mol. The predicted octanol–water partition coefficient (Wildman–Crippen LogP) is 5.91. The zero-order chi connectivity index (χ0) is 26.5. The van der Waals surface area contributed by atoms with E-state index in [-0.39, 0.29) is 26.3 Å². The van der Waals surface area contributed by atoms with E-state index in [1.54, 1.807) is 12.1 Å². The number of anilines is 3. The lowest BCUT2D eigenvalue weighted by Gasteiger charge is -2.25. The Kier molecular flexibility index (Phi) is 9.13. The second kappa shape index (κ2) is 11.9. The van der Waals surface area contributed by atoms with Gasteiger partial charge in [0.2, 0.25) is 0 Å². The van der Waals surface area contributed by atoms with Crippen LogP contribution in [0.15, 0.2) is 65.6 Å². The predicted molar refractivity (Wildman–Crippen MR) is 147 cm³/mol. The maximum Gasteiger partial charge on any atom is 0.262 e. The maximum absolute atomic E-state index is 14.0. The monoisotopic (exact) mass is 568 g/mol. The molecular formula is C24H23Cl2FN4O3S2. The van der Waals surface area contributed by atoms with Crippen LogP contribution in [-0.4, -0.2) is 32.5 Å². The quantitative estimate of drug-likeness (QED) is 0.293. The Balaban J connectivity index is 1.92. The van der Waals surface area contributed by atoms with E-state index in [0.717, 1.165) is 6.07 Å². The van der Waals surface area contributed by atoms with Crippen molar-refractivity contribution in [1.82, 2.24) is 5.32 Å². The van der Waals surface area contributed by atoms with Gasteiger partial charge in [0.25, 0.3) is 15.9 Å². The highest BCUT2D eigenvalue weighted by molar-refractivity contribution is 7.92. The molecule has 36 heavy (non-hydrogen) atoms. The number of halogens is 3. The van der Waals surface area contributed by atoms with E-state index < -0.39 is 21.7 Å². The third kappa shape index (κ3) is 6.64. The number of amides is 1. The number of nitrogens with zero attached hydrogens (tertiary/aromatic N) is 1. The maximum atomic E-state index is 14.0. The Morgan fingerprint density at radius 1 is 1.00 bits per heavy atom. The molecule has 0 heterocycles. The number of nitrogens with one attached hydrogen (secondary N) is 3. The van der Waals surface area contributed by atoms with Gasteiger partial charge in [-0.25, -0.2) is 12.8 Å². The van der Waals surface area contributed by atoms with Crippen LogP contribution in [-0.2, 0) is 10.0 Å². The molecule has 0 aliphatic heterocycles. The van der Waals surface area contributed by atoms with Crippen molar-refractivity contribution in [2.45, 2.75) is 18.7 Å². The van der Waals surface area contributed by atoms with Gasteiger partial charge >= 0.3 is 0 Å². The molecule has 0 spiro atoms. The van der Waals surface area contributed by atoms with E-state index in [1.165, 1.54) is 42.5 Å². The lowest BCUT2D eigenvalue weighted by atomic mass is 10.2. The summed E-state index contributed by atoms with van der Waals surface area (Å²) >= 11 is 17.4. The Hall–Kier alpha value is -2.92. The van der Waals surface area contributed by atoms with Gasteiger partial charge in [0.1, 0.15) is 5.82 Å². The van der Waals surface area contributed by atoms with Gasteiger partial charge in [0.05, 0.1) is 32.5 Å². The van der Waals surface area contributed by atoms with Gasteiger partial charge in [-0.05, 0) is 74.6 Å². The van der Waals surface area contributed by atoms with Crippen molar-refractivity contribution < 1.29 is 17.6 Å². The highest BCUT2D eigenvalue weighted by atomic mass is 35.5. The Morgan fingerprint density at radius 2 is 1.69 bits per heavy atom. The fourth-order valence-electron chi connectivity index (χ4n) is 3.37. The van der Waals surface area contributed by atoms with Crippen LogP contribution in [0.2, 0.25) is 10.0 Å². The minimum absolute atomic E-state index is 0.0832. The van der Waals surface area contributed by atoms with E-state index in [4.69, 9.17) is 35.4 Å². The van der Waals surface area contributed by atoms with E-state index >= 15 is 0 Å². The molecule has 3 N–H and O–H groups in total. The molecule has 0 aliphatic carbocycles. The lowest BCUT2D eigenvalue weighted by molar-refractivity contribution is 0.0974. The standard InChI is InChI=1S/C24H23Cl2FN4O3S2/c1-3-31(4-2)22-12-10-16(36(33,34)30-20-13-15(25)9-11-18(20)26)14-21(22)28-24(35)29-23(32)17-7-5-6-8-19(17)27/h5-14,30H,3-4H2,1-2H3,(H2,28,29,32,35). The summed E-state index contributed by atoms with van der Waals surface area (Å²) in [5.74, 6) is -1.43. The number of carbonyl (C=O) groups is 1. The molecule has 0 atom stereocenters. The van der Waals surface area contributed by atoms with E-state index in [1.807, 2.05) is 18.7 Å². The molecule has 0 aliphatic rings. The molecule has 7 nitrogen and oxygen atoms in total. The summed E-state index contributed by atoms with van der Waals surface area (Å²) in [6.07, 6.45) is 0. The van der Waals surface area contributed by atoms with Crippen molar-refractivity contribution >= 4 is 73.5 Å². The first kappa shape index (κ1) is 27.7. The number of benzene rings is 3. The van der Waals surface area contributed by atoms with Gasteiger partial charge in [-0.15, -0.1) is 0 Å². The molecule has 190 valence electrons. The molecule has 1 amide bonds. The fraction of sp³-hybridized carbons (Fsp3) is 0.167. The lowest BCUT2D eigenvalue weighted by Crippen LogP contribution is -2.35. The van der Waals surface area contributed by atoms with E-state index in [2.05, 4.69) is 15.4 Å². The van der Waals surface area contributed by atoms with Crippen LogP contribution in [0.3, 0.4) is 0 Å². The summed E-state index contributed by atoms with van der Waals surface area (Å²) in [4.78, 5) is 14.4. The summed E-state index contributed by atoms with van der Waals surface area (Å²) in [5, 5.41) is 5.66. The summed E-state index contributed by atoms with van der Waals surface area (Å²) in [6.45, 7) is 5.14. The highest BCUT2D eigenvalue weighted by Gasteiger charge is 2.21. The van der Waals surface area contributed by atoms with Crippen molar-refractivity contribution in [3.63, 3.8) is 0 Å². The SMILES string of the molecule is CCN(CC)c1ccc(S(=O)(=O)Nc2cc(Cl)ccc2Cl)cc1NC(=S)NC(=O)c1ccccc1F. The van der Waals surface area contributed by atoms with Gasteiger partial charge in [0, 0.05) is 18.1 Å². The van der Waals surface area contributed by atoms with Crippen molar-refractivity contribution in [2.75, 3.05) is 28.0 Å². The smallest absolute Gasteiger partial charge is 0.262 e. The van der Waals surface area contributed by atoms with Gasteiger partial charge in [-0.3, -0.25) is 14.8 Å². The third-order valence-corrected chi connectivity index (χ3v) is 7.28. The van der Waals surface area contributed by atoms with Crippen LogP contribution in [0.4, 0.5) is 21.5 Å². The second-order valence-corrected chi connectivity index (χ2v) is 10.4. The number of sulfonamides is 1. The number of hydrogen-bond acceptors (Lipinski definition) is 5. The molecule has 0 aromatic heterocycles. The number of rotatable bonds is 8. The largest absolute Gasteiger partial charge is 0.370 e. The van der Waals surface area contributed by atoms with Crippen molar-refractivity contribution in [2.24, 2.45) is 0 Å². The second-order valence-electron chi connectivity index (χ2n) is 7.47. The Bertz CT molecular complexity index is 1400. The molecule has 0 fully saturated rings. The minimum atomic E-state index is -4.07. The Labute approximate surface area is 224 Å². The van der Waals surface area contributed by atoms with Crippen molar-refractivity contribution in [3.05, 3.63) is 82.1 Å². The fourth-order valence-corrected chi connectivity index (χ4v) is 5.06. The summed E-state index contributed by atoms with van der Waals surface area (Å²) in [6, 6.07) is 14.4. The Morgan fingerprint density at radius 3 is 2.36 bits per heavy atom. The van der Waals surface area contributed by atoms with Gasteiger partial charge in [-0.2, -0.15) is 0 Å². The first-order valence-corrected chi connectivity index (χ1v) is 13.4. The first-order valence-electron chi connectivity index (χ1n) is 10.8. The molecule has 3 aromatic carbocycles. The van der Waals surface area contributed by atoms with Crippen molar-refractivity contribution in [3.8, 4) is 0 Å². The number of thiocarbonyl (C=S) groups is 1. The molecule has 3 aromatic rings. The van der Waals surface area contributed by atoms with E-state index in [0.29, 0.717) is 29.5 Å². The van der Waals surface area contributed by atoms with Crippen LogP contribution >= 0.6 is 35.4 Å². The van der Waals surface area contributed by atoms with Crippen LogP contribution < -0.4 is 20.3 Å². The summed E-state index contributed by atoms with van der Waals surface area (Å²) in [7, 11) is -4.07. The van der Waals surface area contributed by atoms with Crippen LogP contribution in [0.1, 0.15) is 24.2 Å². The molecule has 0 unspecified atom stereocenters. The van der Waals surface area contributed by atoms with Crippen LogP contribution in [0, 0.1) is 5.82 Å². The topological polar surface area (TPSA) is 90.5 Å². The summed E-state index contributed by atoms with van der Waals surface area (Å²) < 4.78 is 42.7. The van der Waals surface area contributed by atoms with Gasteiger partial charge in [0.15, 0.2) is 5.11 Å². The number of carbonyl (C=O) groups excluding carboxylic acids is 1. The van der Waals surface area contributed by atoms with Gasteiger partial charge in [-0.1, -0.05) is 35.3 Å². The molecule has 12 heteroatoms. The minimum Gasteiger partial charge on any atom is -0.370 e. The summed E-state index contributed by atoms with van der Waals surface area (Å²) in [5.41, 5.74) is 0.934. The van der Waals surface area contributed by atoms with Crippen LogP contribution in [0.25, 0.3) is 0 Å². The number of hydrogen-bond donors (Lipinski definition) is 3. The molecule has 0 saturated carbocycles. The zero-order valence-corrected chi connectivity index (χ0v) is 22.5. The van der Waals surface area contributed by atoms with Gasteiger partial charge < -0.3 is 10.2 Å². The van der Waals surface area contributed by atoms with Crippen molar-refractivity contribution in [1.29, 1.82) is 0 Å². The molecule has 0 radical (unpaired) electrons. The first-order chi connectivity index (χ1) is 17.1. The highest BCUT2D eigenvalue weighted by Crippen LogP contribution is 2.32. The third-order valence-electron chi connectivity index (χ3n) is 5.15. The average Bonchev–Trinajstić information content (AvgIpc) is 2.83. The van der Waals surface area contributed by atoms with E-state index in [9.17, 15) is 17.6 Å². The molecular weight excluding hydrogens is 546 g/mol. The molecule has 0 saturated heterocycles. The normalized spacial score (nSPS) is 11.0.